The lowest BCUT2D eigenvalue weighted by Crippen LogP contribution is -2.16. The Bertz CT molecular complexity index is 421. The first-order valence-electron chi connectivity index (χ1n) is 5.58. The third kappa shape index (κ3) is 2.94. The van der Waals surface area contributed by atoms with Gasteiger partial charge in [-0.25, -0.2) is 0 Å². The number of nitrogens with one attached hydrogen (secondary N) is 2. The van der Waals surface area contributed by atoms with E-state index in [2.05, 4.69) is 34.3 Å². The molecule has 0 radical (unpaired) electrons. The summed E-state index contributed by atoms with van der Waals surface area (Å²) < 4.78 is 0. The van der Waals surface area contributed by atoms with Crippen LogP contribution in [0, 0.1) is 6.92 Å². The second-order valence-electron chi connectivity index (χ2n) is 3.95. The lowest BCUT2D eigenvalue weighted by atomic mass is 10.1. The second kappa shape index (κ2) is 5.47. The van der Waals surface area contributed by atoms with Gasteiger partial charge in [-0.1, -0.05) is 0 Å². The van der Waals surface area contributed by atoms with Gasteiger partial charge in [0.25, 0.3) is 0 Å². The molecule has 3 heteroatoms. The van der Waals surface area contributed by atoms with Crippen LogP contribution in [-0.2, 0) is 13.0 Å². The zero-order chi connectivity index (χ0) is 11.2. The summed E-state index contributed by atoms with van der Waals surface area (Å²) in [5.74, 6) is 0. The SMILES string of the molecule is Cc1cnccc1CCNCc1cc[nH]c1. The molecule has 16 heavy (non-hydrogen) atoms. The van der Waals surface area contributed by atoms with Crippen LogP contribution in [0.5, 0.6) is 0 Å². The largest absolute Gasteiger partial charge is 0.367 e. The fourth-order valence-electron chi connectivity index (χ4n) is 1.71. The summed E-state index contributed by atoms with van der Waals surface area (Å²) >= 11 is 0. The summed E-state index contributed by atoms with van der Waals surface area (Å²) in [5.41, 5.74) is 3.94. The summed E-state index contributed by atoms with van der Waals surface area (Å²) in [6, 6.07) is 4.18. The smallest absolute Gasteiger partial charge is 0.0299 e. The Kier molecular flexibility index (Phi) is 3.72. The molecule has 0 aliphatic carbocycles. The van der Waals surface area contributed by atoms with Crippen LogP contribution in [0.25, 0.3) is 0 Å². The molecule has 2 aromatic heterocycles. The number of pyridine rings is 1. The highest BCUT2D eigenvalue weighted by Crippen LogP contribution is 2.05. The van der Waals surface area contributed by atoms with Gasteiger partial charge in [0.1, 0.15) is 0 Å². The molecule has 3 nitrogen and oxygen atoms in total. The predicted octanol–water partition coefficient (Wildman–Crippen LogP) is 2.05. The molecule has 0 atom stereocenters. The first kappa shape index (κ1) is 10.9. The Morgan fingerprint density at radius 3 is 3.06 bits per heavy atom. The minimum atomic E-state index is 0.924. The lowest BCUT2D eigenvalue weighted by Gasteiger charge is -2.05. The monoisotopic (exact) mass is 215 g/mol. The average Bonchev–Trinajstić information content (AvgIpc) is 2.79. The third-order valence-corrected chi connectivity index (χ3v) is 2.70. The lowest BCUT2D eigenvalue weighted by molar-refractivity contribution is 0.685. The number of aromatic amines is 1. The Balaban J connectivity index is 1.74. The maximum Gasteiger partial charge on any atom is 0.0299 e. The summed E-state index contributed by atoms with van der Waals surface area (Å²) in [4.78, 5) is 7.14. The Hall–Kier alpha value is -1.61. The quantitative estimate of drug-likeness (QED) is 0.749. The number of rotatable bonds is 5. The van der Waals surface area contributed by atoms with E-state index in [4.69, 9.17) is 0 Å². The van der Waals surface area contributed by atoms with Gasteiger partial charge in [-0.2, -0.15) is 0 Å². The van der Waals surface area contributed by atoms with E-state index in [1.54, 1.807) is 0 Å². The van der Waals surface area contributed by atoms with Crippen molar-refractivity contribution in [2.45, 2.75) is 19.9 Å². The molecule has 2 N–H and O–H groups in total. The first-order valence-corrected chi connectivity index (χ1v) is 5.58. The molecule has 84 valence electrons. The van der Waals surface area contributed by atoms with Gasteiger partial charge < -0.3 is 10.3 Å². The third-order valence-electron chi connectivity index (χ3n) is 2.70. The molecule has 2 heterocycles. The minimum Gasteiger partial charge on any atom is -0.367 e. The predicted molar refractivity (Wildman–Crippen MR) is 65.2 cm³/mol. The fourth-order valence-corrected chi connectivity index (χ4v) is 1.71. The van der Waals surface area contributed by atoms with Gasteiger partial charge in [0.05, 0.1) is 0 Å². The Morgan fingerprint density at radius 1 is 1.38 bits per heavy atom. The average molecular weight is 215 g/mol. The zero-order valence-corrected chi connectivity index (χ0v) is 9.53. The van der Waals surface area contributed by atoms with Crippen molar-refractivity contribution in [3.8, 4) is 0 Å². The van der Waals surface area contributed by atoms with Crippen LogP contribution in [0.2, 0.25) is 0 Å². The minimum absolute atomic E-state index is 0.924. The van der Waals surface area contributed by atoms with E-state index in [0.717, 1.165) is 19.5 Å². The fraction of sp³-hybridized carbons (Fsp3) is 0.308. The molecule has 2 rings (SSSR count). The number of hydrogen-bond donors (Lipinski definition) is 2. The van der Waals surface area contributed by atoms with Crippen LogP contribution in [0.15, 0.2) is 36.9 Å². The van der Waals surface area contributed by atoms with Crippen LogP contribution in [-0.4, -0.2) is 16.5 Å². The van der Waals surface area contributed by atoms with Crippen molar-refractivity contribution in [1.29, 1.82) is 0 Å². The number of aromatic nitrogens is 2. The number of aryl methyl sites for hydroxylation is 1. The highest BCUT2D eigenvalue weighted by molar-refractivity contribution is 5.21. The number of H-pyrrole nitrogens is 1. The van der Waals surface area contributed by atoms with Gasteiger partial charge >= 0.3 is 0 Å². The van der Waals surface area contributed by atoms with Crippen molar-refractivity contribution in [3.05, 3.63) is 53.6 Å². The zero-order valence-electron chi connectivity index (χ0n) is 9.53. The highest BCUT2D eigenvalue weighted by atomic mass is 14.8. The van der Waals surface area contributed by atoms with Crippen LogP contribution in [0.1, 0.15) is 16.7 Å². The maximum atomic E-state index is 4.09. The summed E-state index contributed by atoms with van der Waals surface area (Å²) in [6.07, 6.45) is 8.80. The molecule has 0 aliphatic rings. The van der Waals surface area contributed by atoms with E-state index in [-0.39, 0.29) is 0 Å². The van der Waals surface area contributed by atoms with Gasteiger partial charge in [0, 0.05) is 31.3 Å². The Labute approximate surface area is 95.9 Å². The molecular weight excluding hydrogens is 198 g/mol. The summed E-state index contributed by atoms with van der Waals surface area (Å²) in [7, 11) is 0. The molecule has 0 aliphatic heterocycles. The molecule has 0 spiro atoms. The van der Waals surface area contributed by atoms with Crippen molar-refractivity contribution in [2.75, 3.05) is 6.54 Å². The number of hydrogen-bond acceptors (Lipinski definition) is 2. The van der Waals surface area contributed by atoms with Gasteiger partial charge in [-0.05, 0) is 48.7 Å². The highest BCUT2D eigenvalue weighted by Gasteiger charge is 1.97. The van der Waals surface area contributed by atoms with Crippen LogP contribution in [0.3, 0.4) is 0 Å². The van der Waals surface area contributed by atoms with E-state index in [0.29, 0.717) is 0 Å². The summed E-state index contributed by atoms with van der Waals surface area (Å²) in [5, 5.41) is 3.42. The van der Waals surface area contributed by atoms with Crippen LogP contribution in [0.4, 0.5) is 0 Å². The van der Waals surface area contributed by atoms with Gasteiger partial charge in [-0.3, -0.25) is 4.98 Å². The molecular formula is C13H17N3. The topological polar surface area (TPSA) is 40.7 Å². The van der Waals surface area contributed by atoms with E-state index < -0.39 is 0 Å². The molecule has 0 saturated heterocycles. The standard InChI is InChI=1S/C13H17N3/c1-11-8-14-6-3-13(11)4-7-16-10-12-2-5-15-9-12/h2-3,5-6,8-9,15-16H,4,7,10H2,1H3. The van der Waals surface area contributed by atoms with Crippen molar-refractivity contribution in [3.63, 3.8) is 0 Å². The molecule has 0 unspecified atom stereocenters. The van der Waals surface area contributed by atoms with Crippen LogP contribution < -0.4 is 5.32 Å². The molecule has 0 saturated carbocycles. The van der Waals surface area contributed by atoms with E-state index in [1.165, 1.54) is 16.7 Å². The second-order valence-corrected chi connectivity index (χ2v) is 3.95. The van der Waals surface area contributed by atoms with E-state index >= 15 is 0 Å². The van der Waals surface area contributed by atoms with Crippen molar-refractivity contribution in [1.82, 2.24) is 15.3 Å². The maximum absolute atomic E-state index is 4.09. The normalized spacial score (nSPS) is 10.6. The Morgan fingerprint density at radius 2 is 2.31 bits per heavy atom. The molecule has 2 aromatic rings. The van der Waals surface area contributed by atoms with E-state index in [9.17, 15) is 0 Å². The number of nitrogens with zero attached hydrogens (tertiary/aromatic N) is 1. The molecule has 0 bridgehead atoms. The first-order chi connectivity index (χ1) is 7.86. The van der Waals surface area contributed by atoms with Gasteiger partial charge in [0.15, 0.2) is 0 Å². The molecule has 0 amide bonds. The van der Waals surface area contributed by atoms with E-state index in [1.807, 2.05) is 24.8 Å². The molecule has 0 fully saturated rings. The van der Waals surface area contributed by atoms with Crippen molar-refractivity contribution < 1.29 is 0 Å². The van der Waals surface area contributed by atoms with Gasteiger partial charge in [-0.15, -0.1) is 0 Å². The van der Waals surface area contributed by atoms with Crippen molar-refractivity contribution in [2.24, 2.45) is 0 Å². The van der Waals surface area contributed by atoms with Gasteiger partial charge in [0.2, 0.25) is 0 Å². The van der Waals surface area contributed by atoms with Crippen molar-refractivity contribution >= 4 is 0 Å². The molecule has 0 aromatic carbocycles. The summed E-state index contributed by atoms with van der Waals surface area (Å²) in [6.45, 7) is 4.03. The van der Waals surface area contributed by atoms with Crippen LogP contribution >= 0.6 is 0 Å².